The molecule has 0 fully saturated rings. The molecule has 0 N–H and O–H groups in total. The summed E-state index contributed by atoms with van der Waals surface area (Å²) >= 11 is 1.86. The second-order valence-electron chi connectivity index (χ2n) is 13.5. The summed E-state index contributed by atoms with van der Waals surface area (Å²) in [5.74, 6) is 1.83. The van der Waals surface area contributed by atoms with Crippen molar-refractivity contribution in [2.24, 2.45) is 0 Å². The molecule has 3 heterocycles. The topological polar surface area (TPSA) is 51.8 Å². The fourth-order valence-corrected chi connectivity index (χ4v) is 9.16. The van der Waals surface area contributed by atoms with E-state index in [1.807, 2.05) is 59.9 Å². The van der Waals surface area contributed by atoms with Crippen molar-refractivity contribution in [3.8, 4) is 56.4 Å². The van der Waals surface area contributed by atoms with E-state index in [0.717, 1.165) is 49.8 Å². The number of thiophene rings is 1. The standard InChI is InChI=1S/C49H29N3OS/c1-3-12-30(13-4-1)31-24-26-34(27-25-31)48-50-47(33-15-5-2-6-16-33)51-49(52-48)40-21-11-23-42-44(40)43-36(18-10-22-41(43)53-42)37-19-9-20-38-39-29-28-32-14-7-8-17-35(32)45(39)54-46(37)38/h1-29H. The van der Waals surface area contributed by atoms with E-state index < -0.39 is 0 Å². The van der Waals surface area contributed by atoms with E-state index in [1.54, 1.807) is 0 Å². The van der Waals surface area contributed by atoms with Crippen LogP contribution in [-0.4, -0.2) is 15.0 Å². The van der Waals surface area contributed by atoms with E-state index in [4.69, 9.17) is 19.4 Å². The van der Waals surface area contributed by atoms with Crippen LogP contribution in [0.1, 0.15) is 0 Å². The van der Waals surface area contributed by atoms with Crippen molar-refractivity contribution >= 4 is 64.2 Å². The van der Waals surface area contributed by atoms with Crippen molar-refractivity contribution in [3.05, 3.63) is 176 Å². The lowest BCUT2D eigenvalue weighted by Gasteiger charge is -2.11. The van der Waals surface area contributed by atoms with Gasteiger partial charge in [0, 0.05) is 53.2 Å². The van der Waals surface area contributed by atoms with Crippen LogP contribution in [-0.2, 0) is 0 Å². The molecule has 0 radical (unpaired) electrons. The lowest BCUT2D eigenvalue weighted by molar-refractivity contribution is 0.669. The smallest absolute Gasteiger partial charge is 0.164 e. The Morgan fingerprint density at radius 2 is 0.852 bits per heavy atom. The molecule has 0 amide bonds. The van der Waals surface area contributed by atoms with Crippen LogP contribution in [0.25, 0.3) is 109 Å². The monoisotopic (exact) mass is 707 g/mol. The third-order valence-corrected chi connectivity index (χ3v) is 11.6. The van der Waals surface area contributed by atoms with Crippen molar-refractivity contribution in [2.45, 2.75) is 0 Å². The lowest BCUT2D eigenvalue weighted by Crippen LogP contribution is -2.00. The van der Waals surface area contributed by atoms with Crippen molar-refractivity contribution in [3.63, 3.8) is 0 Å². The fraction of sp³-hybridized carbons (Fsp3) is 0. The third-order valence-electron chi connectivity index (χ3n) is 10.4. The van der Waals surface area contributed by atoms with Crippen molar-refractivity contribution < 1.29 is 4.42 Å². The van der Waals surface area contributed by atoms with E-state index in [2.05, 4.69) is 127 Å². The Kier molecular flexibility index (Phi) is 7.00. The summed E-state index contributed by atoms with van der Waals surface area (Å²) in [6.45, 7) is 0. The average molecular weight is 708 g/mol. The molecular formula is C49H29N3OS. The zero-order valence-corrected chi connectivity index (χ0v) is 29.7. The van der Waals surface area contributed by atoms with E-state index >= 15 is 0 Å². The maximum absolute atomic E-state index is 6.62. The molecule has 3 aromatic heterocycles. The minimum absolute atomic E-state index is 0.598. The summed E-state index contributed by atoms with van der Waals surface area (Å²) in [4.78, 5) is 15.4. The molecule has 0 aliphatic heterocycles. The average Bonchev–Trinajstić information content (AvgIpc) is 3.83. The molecular weight excluding hydrogens is 679 g/mol. The lowest BCUT2D eigenvalue weighted by atomic mass is 9.95. The Hall–Kier alpha value is -6.95. The predicted molar refractivity (Wildman–Crippen MR) is 225 cm³/mol. The molecule has 8 aromatic carbocycles. The van der Waals surface area contributed by atoms with Gasteiger partial charge in [0.1, 0.15) is 11.2 Å². The second-order valence-corrected chi connectivity index (χ2v) is 14.5. The first kappa shape index (κ1) is 30.7. The minimum Gasteiger partial charge on any atom is -0.456 e. The van der Waals surface area contributed by atoms with Gasteiger partial charge < -0.3 is 4.42 Å². The molecule has 5 heteroatoms. The summed E-state index contributed by atoms with van der Waals surface area (Å²) in [5.41, 5.74) is 8.97. The van der Waals surface area contributed by atoms with Gasteiger partial charge in [-0.25, -0.2) is 15.0 Å². The summed E-state index contributed by atoms with van der Waals surface area (Å²) in [6.07, 6.45) is 0. The summed E-state index contributed by atoms with van der Waals surface area (Å²) < 4.78 is 9.19. The Labute approximate surface area is 314 Å². The first-order valence-electron chi connectivity index (χ1n) is 18.0. The van der Waals surface area contributed by atoms with Crippen molar-refractivity contribution in [1.29, 1.82) is 0 Å². The molecule has 252 valence electrons. The first-order valence-corrected chi connectivity index (χ1v) is 18.8. The molecule has 0 atom stereocenters. The van der Waals surface area contributed by atoms with Crippen LogP contribution in [0.4, 0.5) is 0 Å². The number of furan rings is 1. The molecule has 54 heavy (non-hydrogen) atoms. The number of aromatic nitrogens is 3. The SMILES string of the molecule is c1ccc(-c2ccc(-c3nc(-c4ccccc4)nc(-c4cccc5oc6cccc(-c7cccc8c7sc7c9ccccc9ccc87)c6c45)n3)cc2)cc1. The van der Waals surface area contributed by atoms with Gasteiger partial charge in [-0.1, -0.05) is 164 Å². The highest BCUT2D eigenvalue weighted by Crippen LogP contribution is 2.47. The number of rotatable bonds is 5. The van der Waals surface area contributed by atoms with Gasteiger partial charge in [0.25, 0.3) is 0 Å². The van der Waals surface area contributed by atoms with E-state index in [-0.39, 0.29) is 0 Å². The summed E-state index contributed by atoms with van der Waals surface area (Å²) in [5, 5.41) is 7.12. The summed E-state index contributed by atoms with van der Waals surface area (Å²) in [7, 11) is 0. The van der Waals surface area contributed by atoms with Gasteiger partial charge in [0.2, 0.25) is 0 Å². The van der Waals surface area contributed by atoms with Crippen molar-refractivity contribution in [1.82, 2.24) is 15.0 Å². The molecule has 0 saturated carbocycles. The molecule has 0 bridgehead atoms. The largest absolute Gasteiger partial charge is 0.456 e. The molecule has 11 aromatic rings. The van der Waals surface area contributed by atoms with Crippen molar-refractivity contribution in [2.75, 3.05) is 0 Å². The molecule has 0 unspecified atom stereocenters. The number of benzene rings is 8. The van der Waals surface area contributed by atoms with E-state index in [1.165, 1.54) is 42.1 Å². The fourth-order valence-electron chi connectivity index (χ4n) is 7.80. The Bertz CT molecular complexity index is 3200. The van der Waals surface area contributed by atoms with Gasteiger partial charge in [-0.3, -0.25) is 0 Å². The highest BCUT2D eigenvalue weighted by molar-refractivity contribution is 7.27. The van der Waals surface area contributed by atoms with Crippen LogP contribution in [0, 0.1) is 0 Å². The van der Waals surface area contributed by atoms with Crippen LogP contribution in [0.3, 0.4) is 0 Å². The molecule has 0 spiro atoms. The Morgan fingerprint density at radius 3 is 1.61 bits per heavy atom. The van der Waals surface area contributed by atoms with Crippen LogP contribution < -0.4 is 0 Å². The van der Waals surface area contributed by atoms with Gasteiger partial charge in [0.05, 0.1) is 0 Å². The molecule has 0 saturated heterocycles. The third kappa shape index (κ3) is 4.94. The highest BCUT2D eigenvalue weighted by Gasteiger charge is 2.22. The quantitative estimate of drug-likeness (QED) is 0.179. The highest BCUT2D eigenvalue weighted by atomic mass is 32.1. The normalized spacial score (nSPS) is 11.7. The van der Waals surface area contributed by atoms with Crippen LogP contribution in [0.2, 0.25) is 0 Å². The molecule has 11 rings (SSSR count). The number of hydrogen-bond acceptors (Lipinski definition) is 5. The minimum atomic E-state index is 0.598. The summed E-state index contributed by atoms with van der Waals surface area (Å²) in [6, 6.07) is 61.3. The first-order chi connectivity index (χ1) is 26.8. The van der Waals surface area contributed by atoms with Gasteiger partial charge in [-0.2, -0.15) is 0 Å². The molecule has 0 aliphatic carbocycles. The zero-order valence-electron chi connectivity index (χ0n) is 28.9. The van der Waals surface area contributed by atoms with Crippen LogP contribution >= 0.6 is 11.3 Å². The van der Waals surface area contributed by atoms with Gasteiger partial charge in [0.15, 0.2) is 17.5 Å². The molecule has 0 aliphatic rings. The van der Waals surface area contributed by atoms with Gasteiger partial charge >= 0.3 is 0 Å². The van der Waals surface area contributed by atoms with E-state index in [9.17, 15) is 0 Å². The number of hydrogen-bond donors (Lipinski definition) is 0. The number of fused-ring (bicyclic) bond motifs is 8. The molecule has 4 nitrogen and oxygen atoms in total. The van der Waals surface area contributed by atoms with Gasteiger partial charge in [-0.05, 0) is 39.6 Å². The Balaban J connectivity index is 1.14. The predicted octanol–water partition coefficient (Wildman–Crippen LogP) is 13.6. The van der Waals surface area contributed by atoms with Crippen LogP contribution in [0.5, 0.6) is 0 Å². The van der Waals surface area contributed by atoms with Crippen LogP contribution in [0.15, 0.2) is 180 Å². The second kappa shape index (κ2) is 12.3. The van der Waals surface area contributed by atoms with Gasteiger partial charge in [-0.15, -0.1) is 11.3 Å². The maximum Gasteiger partial charge on any atom is 0.164 e. The maximum atomic E-state index is 6.62. The number of nitrogens with zero attached hydrogens (tertiary/aromatic N) is 3. The van der Waals surface area contributed by atoms with E-state index in [0.29, 0.717) is 17.5 Å². The zero-order chi connectivity index (χ0) is 35.6. The Morgan fingerprint density at radius 1 is 0.333 bits per heavy atom.